The maximum atomic E-state index is 5.58. The Labute approximate surface area is 98.6 Å². The Bertz CT molecular complexity index is 467. The summed E-state index contributed by atoms with van der Waals surface area (Å²) < 4.78 is 0. The summed E-state index contributed by atoms with van der Waals surface area (Å²) >= 11 is 1.76. The van der Waals surface area contributed by atoms with E-state index in [0.29, 0.717) is 5.82 Å². The molecule has 0 unspecified atom stereocenters. The Morgan fingerprint density at radius 3 is 3.06 bits per heavy atom. The van der Waals surface area contributed by atoms with Crippen LogP contribution in [-0.2, 0) is 13.0 Å². The van der Waals surface area contributed by atoms with E-state index in [0.717, 1.165) is 18.8 Å². The van der Waals surface area contributed by atoms with Crippen molar-refractivity contribution in [2.75, 3.05) is 11.1 Å². The van der Waals surface area contributed by atoms with Crippen LogP contribution >= 0.6 is 11.3 Å². The van der Waals surface area contributed by atoms with Gasteiger partial charge in [0.05, 0.1) is 6.54 Å². The van der Waals surface area contributed by atoms with E-state index in [4.69, 9.17) is 5.73 Å². The Kier molecular flexibility index (Phi) is 3.36. The van der Waals surface area contributed by atoms with Crippen LogP contribution in [0.5, 0.6) is 0 Å². The van der Waals surface area contributed by atoms with Gasteiger partial charge in [0.25, 0.3) is 0 Å². The minimum Gasteiger partial charge on any atom is -0.384 e. The lowest BCUT2D eigenvalue weighted by Crippen LogP contribution is -2.03. The molecular formula is C11H14N4S. The van der Waals surface area contributed by atoms with Crippen molar-refractivity contribution in [1.29, 1.82) is 0 Å². The lowest BCUT2D eigenvalue weighted by atomic mass is 10.2. The molecule has 0 spiro atoms. The van der Waals surface area contributed by atoms with Gasteiger partial charge in [-0.25, -0.2) is 9.97 Å². The van der Waals surface area contributed by atoms with Crippen molar-refractivity contribution in [3.63, 3.8) is 0 Å². The highest BCUT2D eigenvalue weighted by Crippen LogP contribution is 2.18. The van der Waals surface area contributed by atoms with Crippen LogP contribution in [-0.4, -0.2) is 9.97 Å². The fourth-order valence-corrected chi connectivity index (χ4v) is 2.39. The second kappa shape index (κ2) is 4.94. The Morgan fingerprint density at radius 2 is 2.31 bits per heavy atom. The van der Waals surface area contributed by atoms with E-state index in [-0.39, 0.29) is 0 Å². The van der Waals surface area contributed by atoms with Gasteiger partial charge >= 0.3 is 0 Å². The van der Waals surface area contributed by atoms with Crippen LogP contribution in [0.1, 0.15) is 17.4 Å². The van der Waals surface area contributed by atoms with Gasteiger partial charge in [0.2, 0.25) is 0 Å². The van der Waals surface area contributed by atoms with Crippen LogP contribution in [0.15, 0.2) is 23.8 Å². The van der Waals surface area contributed by atoms with Gasteiger partial charge in [-0.2, -0.15) is 0 Å². The zero-order chi connectivity index (χ0) is 11.4. The molecule has 5 heteroatoms. The number of aryl methyl sites for hydroxylation is 1. The number of nitrogens with zero attached hydrogens (tertiary/aromatic N) is 2. The van der Waals surface area contributed by atoms with Crippen LogP contribution in [0.2, 0.25) is 0 Å². The predicted octanol–water partition coefficient (Wildman–Crippen LogP) is 2.29. The standard InChI is InChI=1S/C11H14N4S/c1-2-8-3-4-16-9(8)6-13-11-5-10(12)14-7-15-11/h3-5,7H,2,6H2,1H3,(H3,12,13,14,15). The van der Waals surface area contributed by atoms with Gasteiger partial charge in [-0.05, 0) is 23.4 Å². The number of nitrogens with two attached hydrogens (primary N) is 1. The van der Waals surface area contributed by atoms with Crippen LogP contribution in [0.3, 0.4) is 0 Å². The fourth-order valence-electron chi connectivity index (χ4n) is 1.48. The third-order valence-corrected chi connectivity index (χ3v) is 3.30. The molecule has 0 amide bonds. The van der Waals surface area contributed by atoms with Crippen LogP contribution < -0.4 is 11.1 Å². The van der Waals surface area contributed by atoms with Crippen molar-refractivity contribution in [2.24, 2.45) is 0 Å². The maximum Gasteiger partial charge on any atom is 0.131 e. The number of nitrogen functional groups attached to an aromatic ring is 1. The minimum atomic E-state index is 0.486. The zero-order valence-electron chi connectivity index (χ0n) is 9.10. The first-order chi connectivity index (χ1) is 7.79. The quantitative estimate of drug-likeness (QED) is 0.852. The van der Waals surface area contributed by atoms with E-state index in [1.165, 1.54) is 16.8 Å². The van der Waals surface area contributed by atoms with Crippen LogP contribution in [0.4, 0.5) is 11.6 Å². The Morgan fingerprint density at radius 1 is 1.44 bits per heavy atom. The highest BCUT2D eigenvalue weighted by molar-refractivity contribution is 7.10. The summed E-state index contributed by atoms with van der Waals surface area (Å²) in [5.74, 6) is 1.25. The third-order valence-electron chi connectivity index (χ3n) is 2.34. The predicted molar refractivity (Wildman–Crippen MR) is 67.5 cm³/mol. The second-order valence-electron chi connectivity index (χ2n) is 3.40. The third kappa shape index (κ3) is 2.49. The molecule has 4 nitrogen and oxygen atoms in total. The van der Waals surface area contributed by atoms with Crippen LogP contribution in [0, 0.1) is 0 Å². The molecule has 3 N–H and O–H groups in total. The van der Waals surface area contributed by atoms with Gasteiger partial charge in [0, 0.05) is 10.9 Å². The summed E-state index contributed by atoms with van der Waals surface area (Å²) in [5.41, 5.74) is 6.96. The summed E-state index contributed by atoms with van der Waals surface area (Å²) in [5, 5.41) is 5.36. The molecule has 0 radical (unpaired) electrons. The van der Waals surface area contributed by atoms with Crippen molar-refractivity contribution in [3.05, 3.63) is 34.3 Å². The molecule has 0 aliphatic heterocycles. The van der Waals surface area contributed by atoms with Crippen molar-refractivity contribution in [1.82, 2.24) is 9.97 Å². The Hall–Kier alpha value is -1.62. The van der Waals surface area contributed by atoms with Gasteiger partial charge in [-0.15, -0.1) is 11.3 Å². The monoisotopic (exact) mass is 234 g/mol. The molecule has 0 atom stereocenters. The highest BCUT2D eigenvalue weighted by atomic mass is 32.1. The molecule has 0 aromatic carbocycles. The van der Waals surface area contributed by atoms with Gasteiger partial charge in [-0.1, -0.05) is 6.92 Å². The molecular weight excluding hydrogens is 220 g/mol. The molecule has 0 aliphatic rings. The summed E-state index contributed by atoms with van der Waals surface area (Å²) in [4.78, 5) is 9.29. The Balaban J connectivity index is 2.02. The molecule has 0 fully saturated rings. The normalized spacial score (nSPS) is 10.3. The van der Waals surface area contributed by atoms with Crippen molar-refractivity contribution in [3.8, 4) is 0 Å². The van der Waals surface area contributed by atoms with E-state index < -0.39 is 0 Å². The molecule has 2 aromatic heterocycles. The molecule has 0 saturated carbocycles. The van der Waals surface area contributed by atoms with Gasteiger partial charge in [0.1, 0.15) is 18.0 Å². The lowest BCUT2D eigenvalue weighted by molar-refractivity contribution is 1.06. The number of thiophene rings is 1. The molecule has 16 heavy (non-hydrogen) atoms. The van der Waals surface area contributed by atoms with E-state index in [1.807, 2.05) is 0 Å². The largest absolute Gasteiger partial charge is 0.384 e. The first-order valence-corrected chi connectivity index (χ1v) is 6.04. The fraction of sp³-hybridized carbons (Fsp3) is 0.273. The zero-order valence-corrected chi connectivity index (χ0v) is 9.92. The van der Waals surface area contributed by atoms with Crippen molar-refractivity contribution in [2.45, 2.75) is 19.9 Å². The van der Waals surface area contributed by atoms with Gasteiger partial charge in [-0.3, -0.25) is 0 Å². The van der Waals surface area contributed by atoms with E-state index in [2.05, 4.69) is 33.7 Å². The number of hydrogen-bond donors (Lipinski definition) is 2. The average molecular weight is 234 g/mol. The summed E-state index contributed by atoms with van der Waals surface area (Å²) in [6, 6.07) is 3.90. The first kappa shape index (κ1) is 10.9. The molecule has 84 valence electrons. The number of rotatable bonds is 4. The maximum absolute atomic E-state index is 5.58. The molecule has 0 aliphatic carbocycles. The number of hydrogen-bond acceptors (Lipinski definition) is 5. The molecule has 2 aromatic rings. The average Bonchev–Trinajstić information content (AvgIpc) is 2.74. The topological polar surface area (TPSA) is 63.8 Å². The van der Waals surface area contributed by atoms with Gasteiger partial charge < -0.3 is 11.1 Å². The molecule has 0 saturated heterocycles. The number of anilines is 2. The highest BCUT2D eigenvalue weighted by Gasteiger charge is 2.02. The second-order valence-corrected chi connectivity index (χ2v) is 4.40. The molecule has 2 rings (SSSR count). The van der Waals surface area contributed by atoms with E-state index in [9.17, 15) is 0 Å². The van der Waals surface area contributed by atoms with E-state index in [1.54, 1.807) is 17.4 Å². The van der Waals surface area contributed by atoms with Crippen LogP contribution in [0.25, 0.3) is 0 Å². The summed E-state index contributed by atoms with van der Waals surface area (Å²) in [6.45, 7) is 2.95. The van der Waals surface area contributed by atoms with Crippen molar-refractivity contribution < 1.29 is 0 Å². The van der Waals surface area contributed by atoms with Gasteiger partial charge in [0.15, 0.2) is 0 Å². The first-order valence-electron chi connectivity index (χ1n) is 5.16. The molecule has 2 heterocycles. The smallest absolute Gasteiger partial charge is 0.131 e. The van der Waals surface area contributed by atoms with Crippen molar-refractivity contribution >= 4 is 23.0 Å². The molecule has 0 bridgehead atoms. The van der Waals surface area contributed by atoms with E-state index >= 15 is 0 Å². The lowest BCUT2D eigenvalue weighted by Gasteiger charge is -2.05. The number of aromatic nitrogens is 2. The minimum absolute atomic E-state index is 0.486. The summed E-state index contributed by atoms with van der Waals surface area (Å²) in [6.07, 6.45) is 2.53. The summed E-state index contributed by atoms with van der Waals surface area (Å²) in [7, 11) is 0. The SMILES string of the molecule is CCc1ccsc1CNc1cc(N)ncn1. The number of nitrogens with one attached hydrogen (secondary N) is 1.